The van der Waals surface area contributed by atoms with Crippen molar-refractivity contribution in [3.05, 3.63) is 57.6 Å². The highest BCUT2D eigenvalue weighted by Crippen LogP contribution is 2.27. The summed E-state index contributed by atoms with van der Waals surface area (Å²) in [5.74, 6) is 0. The predicted molar refractivity (Wildman–Crippen MR) is 112 cm³/mol. The Labute approximate surface area is 162 Å². The number of hydrogen-bond acceptors (Lipinski definition) is 4. The van der Waals surface area contributed by atoms with Crippen molar-refractivity contribution in [3.63, 3.8) is 0 Å². The first-order valence-electron chi connectivity index (χ1n) is 8.72. The van der Waals surface area contributed by atoms with Gasteiger partial charge in [-0.15, -0.1) is 11.3 Å². The van der Waals surface area contributed by atoms with E-state index in [1.807, 2.05) is 18.4 Å². The quantitative estimate of drug-likeness (QED) is 0.627. The van der Waals surface area contributed by atoms with Crippen LogP contribution in [0.4, 0.5) is 4.79 Å². The Morgan fingerprint density at radius 3 is 2.73 bits per heavy atom. The SMILES string of the molecule is C[C@H](NC(=O)NC[C@H](Cc1csc2ccccc12)N(C)C)c1ccsc1. The fourth-order valence-electron chi connectivity index (χ4n) is 2.94. The molecule has 138 valence electrons. The maximum Gasteiger partial charge on any atom is 0.315 e. The summed E-state index contributed by atoms with van der Waals surface area (Å²) in [5.41, 5.74) is 2.48. The molecule has 2 amide bonds. The van der Waals surface area contributed by atoms with E-state index >= 15 is 0 Å². The van der Waals surface area contributed by atoms with Crippen molar-refractivity contribution in [1.82, 2.24) is 15.5 Å². The van der Waals surface area contributed by atoms with Gasteiger partial charge in [-0.05, 0) is 72.2 Å². The third-order valence-corrected chi connectivity index (χ3v) is 6.35. The number of rotatable bonds is 7. The summed E-state index contributed by atoms with van der Waals surface area (Å²) in [4.78, 5) is 14.4. The zero-order chi connectivity index (χ0) is 18.5. The molecule has 26 heavy (non-hydrogen) atoms. The third-order valence-electron chi connectivity index (χ3n) is 4.64. The molecule has 2 N–H and O–H groups in total. The van der Waals surface area contributed by atoms with Crippen LogP contribution in [0.3, 0.4) is 0 Å². The molecule has 3 aromatic rings. The molecule has 6 heteroatoms. The molecule has 0 aliphatic carbocycles. The lowest BCUT2D eigenvalue weighted by molar-refractivity contribution is 0.229. The van der Waals surface area contributed by atoms with E-state index in [9.17, 15) is 4.79 Å². The molecule has 1 aromatic carbocycles. The van der Waals surface area contributed by atoms with E-state index in [0.717, 1.165) is 12.0 Å². The van der Waals surface area contributed by atoms with Gasteiger partial charge >= 0.3 is 6.03 Å². The summed E-state index contributed by atoms with van der Waals surface area (Å²) in [6.07, 6.45) is 0.914. The van der Waals surface area contributed by atoms with Gasteiger partial charge in [0.15, 0.2) is 0 Å². The van der Waals surface area contributed by atoms with Gasteiger partial charge in [-0.3, -0.25) is 0 Å². The lowest BCUT2D eigenvalue weighted by Crippen LogP contribution is -2.45. The summed E-state index contributed by atoms with van der Waals surface area (Å²) < 4.78 is 1.32. The summed E-state index contributed by atoms with van der Waals surface area (Å²) >= 11 is 3.42. The average molecular weight is 388 g/mol. The van der Waals surface area contributed by atoms with Gasteiger partial charge in [0.2, 0.25) is 0 Å². The molecule has 2 atom stereocenters. The van der Waals surface area contributed by atoms with Crippen molar-refractivity contribution in [1.29, 1.82) is 0 Å². The molecule has 0 saturated heterocycles. The van der Waals surface area contributed by atoms with Crippen molar-refractivity contribution in [2.24, 2.45) is 0 Å². The zero-order valence-electron chi connectivity index (χ0n) is 15.4. The van der Waals surface area contributed by atoms with Gasteiger partial charge in [0, 0.05) is 17.3 Å². The molecule has 2 aromatic heterocycles. The summed E-state index contributed by atoms with van der Waals surface area (Å²) in [6, 6.07) is 10.7. The number of likely N-dealkylation sites (N-methyl/N-ethyl adjacent to an activating group) is 1. The van der Waals surface area contributed by atoms with Crippen molar-refractivity contribution in [2.45, 2.75) is 25.4 Å². The maximum atomic E-state index is 12.3. The first-order chi connectivity index (χ1) is 12.5. The minimum Gasteiger partial charge on any atom is -0.337 e. The molecule has 0 aliphatic heterocycles. The molecule has 0 saturated carbocycles. The second kappa shape index (κ2) is 8.66. The first-order valence-corrected chi connectivity index (χ1v) is 10.5. The Kier molecular flexibility index (Phi) is 6.29. The number of carbonyl (C=O) groups excluding carboxylic acids is 1. The van der Waals surface area contributed by atoms with E-state index in [1.54, 1.807) is 22.7 Å². The standard InChI is InChI=1S/C20H25N3OS2/c1-14(15-8-9-25-12-15)22-20(24)21-11-17(23(2)3)10-16-13-26-19-7-5-4-6-18(16)19/h4-9,12-14,17H,10-11H2,1-3H3,(H2,21,22,24)/t14-,17-/m0/s1. The molecule has 4 nitrogen and oxygen atoms in total. The van der Waals surface area contributed by atoms with Crippen LogP contribution in [0.25, 0.3) is 10.1 Å². The van der Waals surface area contributed by atoms with Gasteiger partial charge in [-0.2, -0.15) is 11.3 Å². The van der Waals surface area contributed by atoms with Crippen LogP contribution in [0.1, 0.15) is 24.1 Å². The smallest absolute Gasteiger partial charge is 0.315 e. The highest BCUT2D eigenvalue weighted by Gasteiger charge is 2.17. The minimum atomic E-state index is -0.120. The molecule has 0 unspecified atom stereocenters. The Hall–Kier alpha value is -1.89. The topological polar surface area (TPSA) is 44.4 Å². The number of carbonyl (C=O) groups is 1. The number of amides is 2. The first kappa shape index (κ1) is 18.9. The van der Waals surface area contributed by atoms with Gasteiger partial charge in [-0.25, -0.2) is 4.79 Å². The van der Waals surface area contributed by atoms with Crippen LogP contribution in [0.15, 0.2) is 46.5 Å². The van der Waals surface area contributed by atoms with Crippen LogP contribution in [-0.4, -0.2) is 37.6 Å². The third kappa shape index (κ3) is 4.63. The second-order valence-corrected chi connectivity index (χ2v) is 8.40. The highest BCUT2D eigenvalue weighted by atomic mass is 32.1. The molecule has 2 heterocycles. The Balaban J connectivity index is 1.57. The number of nitrogens with zero attached hydrogens (tertiary/aromatic N) is 1. The van der Waals surface area contributed by atoms with Gasteiger partial charge in [0.25, 0.3) is 0 Å². The van der Waals surface area contributed by atoms with Crippen LogP contribution in [-0.2, 0) is 6.42 Å². The van der Waals surface area contributed by atoms with Gasteiger partial charge in [-0.1, -0.05) is 18.2 Å². The Morgan fingerprint density at radius 2 is 2.00 bits per heavy atom. The predicted octanol–water partition coefficient (Wildman–Crippen LogP) is 4.50. The number of hydrogen-bond donors (Lipinski definition) is 2. The number of nitrogens with one attached hydrogen (secondary N) is 2. The molecule has 0 radical (unpaired) electrons. The van der Waals surface area contributed by atoms with Crippen molar-refractivity contribution in [2.75, 3.05) is 20.6 Å². The van der Waals surface area contributed by atoms with Gasteiger partial charge < -0.3 is 15.5 Å². The molecule has 0 bridgehead atoms. The van der Waals surface area contributed by atoms with Crippen LogP contribution in [0.5, 0.6) is 0 Å². The summed E-state index contributed by atoms with van der Waals surface area (Å²) in [7, 11) is 4.12. The van der Waals surface area contributed by atoms with E-state index in [4.69, 9.17) is 0 Å². The van der Waals surface area contributed by atoms with E-state index in [-0.39, 0.29) is 18.1 Å². The van der Waals surface area contributed by atoms with Crippen molar-refractivity contribution in [3.8, 4) is 0 Å². The number of benzene rings is 1. The number of urea groups is 1. The van der Waals surface area contributed by atoms with Crippen LogP contribution < -0.4 is 10.6 Å². The van der Waals surface area contributed by atoms with Crippen molar-refractivity contribution < 1.29 is 4.79 Å². The molecule has 0 fully saturated rings. The fourth-order valence-corrected chi connectivity index (χ4v) is 4.67. The zero-order valence-corrected chi connectivity index (χ0v) is 17.0. The van der Waals surface area contributed by atoms with E-state index in [0.29, 0.717) is 6.54 Å². The van der Waals surface area contributed by atoms with E-state index in [1.165, 1.54) is 15.6 Å². The molecule has 3 rings (SSSR count). The number of fused-ring (bicyclic) bond motifs is 1. The van der Waals surface area contributed by atoms with Crippen LogP contribution in [0.2, 0.25) is 0 Å². The van der Waals surface area contributed by atoms with E-state index < -0.39 is 0 Å². The van der Waals surface area contributed by atoms with Crippen molar-refractivity contribution >= 4 is 38.8 Å². The lowest BCUT2D eigenvalue weighted by Gasteiger charge is -2.25. The van der Waals surface area contributed by atoms with E-state index in [2.05, 4.69) is 64.7 Å². The summed E-state index contributed by atoms with van der Waals surface area (Å²) in [5, 5.41) is 13.7. The molecular weight excluding hydrogens is 362 g/mol. The second-order valence-electron chi connectivity index (χ2n) is 6.71. The number of thiophene rings is 2. The maximum absolute atomic E-state index is 12.3. The Bertz CT molecular complexity index is 842. The molecule has 0 aliphatic rings. The fraction of sp³-hybridized carbons (Fsp3) is 0.350. The monoisotopic (exact) mass is 387 g/mol. The summed E-state index contributed by atoms with van der Waals surface area (Å²) in [6.45, 7) is 2.61. The lowest BCUT2D eigenvalue weighted by atomic mass is 10.0. The van der Waals surface area contributed by atoms with Gasteiger partial charge in [0.05, 0.1) is 6.04 Å². The average Bonchev–Trinajstić information content (AvgIpc) is 3.28. The normalized spacial score (nSPS) is 13.7. The molecular formula is C20H25N3OS2. The van der Waals surface area contributed by atoms with Crippen LogP contribution >= 0.6 is 22.7 Å². The van der Waals surface area contributed by atoms with Crippen LogP contribution in [0, 0.1) is 0 Å². The van der Waals surface area contributed by atoms with Gasteiger partial charge in [0.1, 0.15) is 0 Å². The largest absolute Gasteiger partial charge is 0.337 e. The minimum absolute atomic E-state index is 0.0138. The highest BCUT2D eigenvalue weighted by molar-refractivity contribution is 7.17. The molecule has 0 spiro atoms. The Morgan fingerprint density at radius 1 is 1.19 bits per heavy atom.